The fourth-order valence-corrected chi connectivity index (χ4v) is 4.58. The number of benzene rings is 1. The van der Waals surface area contributed by atoms with Gasteiger partial charge in [0.15, 0.2) is 0 Å². The molecule has 0 unspecified atom stereocenters. The second kappa shape index (κ2) is 9.57. The third-order valence-corrected chi connectivity index (χ3v) is 6.33. The molecule has 1 aliphatic heterocycles. The molecule has 2 heterocycles. The van der Waals surface area contributed by atoms with Gasteiger partial charge in [-0.3, -0.25) is 4.79 Å². The minimum atomic E-state index is -4.48. The Hall–Kier alpha value is -2.48. The van der Waals surface area contributed by atoms with Crippen LogP contribution in [0.3, 0.4) is 0 Å². The van der Waals surface area contributed by atoms with E-state index in [2.05, 4.69) is 22.4 Å². The van der Waals surface area contributed by atoms with Crippen molar-refractivity contribution in [2.45, 2.75) is 38.3 Å². The Labute approximate surface area is 189 Å². The van der Waals surface area contributed by atoms with Crippen molar-refractivity contribution in [3.8, 4) is 5.75 Å². The van der Waals surface area contributed by atoms with Gasteiger partial charge in [0.05, 0.1) is 17.1 Å². The zero-order chi connectivity index (χ0) is 22.7. The Bertz CT molecular complexity index is 975. The van der Waals surface area contributed by atoms with Crippen LogP contribution in [0.15, 0.2) is 30.5 Å². The number of ether oxygens (including phenoxy) is 1. The summed E-state index contributed by atoms with van der Waals surface area (Å²) in [5.74, 6) is 0.962. The Kier molecular flexibility index (Phi) is 6.79. The van der Waals surface area contributed by atoms with Crippen LogP contribution in [0.2, 0.25) is 5.02 Å². The topological polar surface area (TPSA) is 54.5 Å². The number of pyridine rings is 1. The molecule has 1 aliphatic carbocycles. The summed E-state index contributed by atoms with van der Waals surface area (Å²) in [7, 11) is 0. The van der Waals surface area contributed by atoms with Crippen LogP contribution in [0, 0.1) is 5.92 Å². The maximum absolute atomic E-state index is 12.8. The van der Waals surface area contributed by atoms with Crippen molar-refractivity contribution in [1.29, 1.82) is 0 Å². The van der Waals surface area contributed by atoms with E-state index in [4.69, 9.17) is 16.3 Å². The largest absolute Gasteiger partial charge is 0.492 e. The molecule has 0 bridgehead atoms. The van der Waals surface area contributed by atoms with Crippen LogP contribution < -0.4 is 15.0 Å². The van der Waals surface area contributed by atoms with Gasteiger partial charge in [-0.05, 0) is 61.4 Å². The molecule has 172 valence electrons. The predicted molar refractivity (Wildman–Crippen MR) is 116 cm³/mol. The molecule has 1 aromatic carbocycles. The standard InChI is InChI=1S/C23H25ClF3N3O2/c24-20-13-18(23(25,26)27)14-29-21(20)30-9-6-16(7-10-30)22(31)28-8-11-32-19-5-4-15-2-1-3-17(15)12-19/h4-5,12-14,16H,1-3,6-11H2,(H,28,31). The lowest BCUT2D eigenvalue weighted by molar-refractivity contribution is -0.137. The van der Waals surface area contributed by atoms with Gasteiger partial charge in [-0.2, -0.15) is 13.2 Å². The summed E-state index contributed by atoms with van der Waals surface area (Å²) in [6.45, 7) is 1.82. The fourth-order valence-electron chi connectivity index (χ4n) is 4.30. The lowest BCUT2D eigenvalue weighted by Crippen LogP contribution is -2.41. The number of anilines is 1. The van der Waals surface area contributed by atoms with Crippen molar-refractivity contribution < 1.29 is 22.7 Å². The van der Waals surface area contributed by atoms with Gasteiger partial charge in [0.2, 0.25) is 5.91 Å². The van der Waals surface area contributed by atoms with Gasteiger partial charge < -0.3 is 15.0 Å². The molecular formula is C23H25ClF3N3O2. The molecular weight excluding hydrogens is 443 g/mol. The molecule has 1 saturated heterocycles. The SMILES string of the molecule is O=C(NCCOc1ccc2c(c1)CCC2)C1CCN(c2ncc(C(F)(F)F)cc2Cl)CC1. The zero-order valence-corrected chi connectivity index (χ0v) is 18.3. The number of nitrogens with one attached hydrogen (secondary N) is 1. The monoisotopic (exact) mass is 467 g/mol. The van der Waals surface area contributed by atoms with E-state index in [1.807, 2.05) is 11.0 Å². The van der Waals surface area contributed by atoms with Crippen LogP contribution in [-0.2, 0) is 23.8 Å². The predicted octanol–water partition coefficient (Wildman–Crippen LogP) is 4.65. The first-order chi connectivity index (χ1) is 15.3. The zero-order valence-electron chi connectivity index (χ0n) is 17.6. The van der Waals surface area contributed by atoms with Crippen molar-refractivity contribution >= 4 is 23.3 Å². The number of nitrogens with zero attached hydrogens (tertiary/aromatic N) is 2. The lowest BCUT2D eigenvalue weighted by atomic mass is 9.96. The van der Waals surface area contributed by atoms with Gasteiger partial charge in [-0.25, -0.2) is 4.98 Å². The molecule has 1 N–H and O–H groups in total. The Morgan fingerprint density at radius 3 is 2.66 bits per heavy atom. The summed E-state index contributed by atoms with van der Waals surface area (Å²) in [4.78, 5) is 18.2. The number of amides is 1. The second-order valence-corrected chi connectivity index (χ2v) is 8.62. The van der Waals surface area contributed by atoms with Crippen molar-refractivity contribution in [2.24, 2.45) is 5.92 Å². The van der Waals surface area contributed by atoms with E-state index < -0.39 is 11.7 Å². The number of rotatable bonds is 6. The molecule has 1 fully saturated rings. The summed E-state index contributed by atoms with van der Waals surface area (Å²) in [5, 5.41) is 2.88. The Morgan fingerprint density at radius 2 is 1.94 bits per heavy atom. The molecule has 5 nitrogen and oxygen atoms in total. The molecule has 1 amide bonds. The molecule has 2 aromatic rings. The van der Waals surface area contributed by atoms with E-state index in [0.29, 0.717) is 44.9 Å². The number of carbonyl (C=O) groups excluding carboxylic acids is 1. The van der Waals surface area contributed by atoms with E-state index >= 15 is 0 Å². The van der Waals surface area contributed by atoms with Crippen LogP contribution in [0.5, 0.6) is 5.75 Å². The number of halogens is 4. The van der Waals surface area contributed by atoms with Gasteiger partial charge in [0, 0.05) is 25.2 Å². The molecule has 9 heteroatoms. The summed E-state index contributed by atoms with van der Waals surface area (Å²) >= 11 is 6.04. The van der Waals surface area contributed by atoms with E-state index in [-0.39, 0.29) is 16.8 Å². The first kappa shape index (κ1) is 22.7. The smallest absolute Gasteiger partial charge is 0.417 e. The van der Waals surface area contributed by atoms with E-state index in [9.17, 15) is 18.0 Å². The number of aromatic nitrogens is 1. The van der Waals surface area contributed by atoms with Crippen LogP contribution in [0.4, 0.5) is 19.0 Å². The van der Waals surface area contributed by atoms with Gasteiger partial charge in [-0.1, -0.05) is 17.7 Å². The third kappa shape index (κ3) is 5.28. The summed E-state index contributed by atoms with van der Waals surface area (Å²) < 4.78 is 44.1. The molecule has 2 aliphatic rings. The van der Waals surface area contributed by atoms with Crippen LogP contribution in [0.25, 0.3) is 0 Å². The lowest BCUT2D eigenvalue weighted by Gasteiger charge is -2.32. The van der Waals surface area contributed by atoms with Crippen molar-refractivity contribution in [3.63, 3.8) is 0 Å². The number of hydrogen-bond donors (Lipinski definition) is 1. The molecule has 0 saturated carbocycles. The fraction of sp³-hybridized carbons (Fsp3) is 0.478. The Balaban J connectivity index is 1.21. The van der Waals surface area contributed by atoms with E-state index in [0.717, 1.165) is 30.9 Å². The van der Waals surface area contributed by atoms with Crippen molar-refractivity contribution in [3.05, 3.63) is 52.2 Å². The highest BCUT2D eigenvalue weighted by atomic mass is 35.5. The van der Waals surface area contributed by atoms with Crippen LogP contribution in [-0.4, -0.2) is 37.1 Å². The summed E-state index contributed by atoms with van der Waals surface area (Å²) in [6.07, 6.45) is 0.883. The average molecular weight is 468 g/mol. The number of carbonyl (C=O) groups is 1. The van der Waals surface area contributed by atoms with Gasteiger partial charge in [0.25, 0.3) is 0 Å². The molecule has 0 atom stereocenters. The maximum Gasteiger partial charge on any atom is 0.417 e. The number of piperidine rings is 1. The van der Waals surface area contributed by atoms with Crippen molar-refractivity contribution in [1.82, 2.24) is 10.3 Å². The Morgan fingerprint density at radius 1 is 1.19 bits per heavy atom. The van der Waals surface area contributed by atoms with Crippen molar-refractivity contribution in [2.75, 3.05) is 31.1 Å². The molecule has 1 aromatic heterocycles. The van der Waals surface area contributed by atoms with Crippen LogP contribution in [0.1, 0.15) is 36.0 Å². The van der Waals surface area contributed by atoms with Crippen LogP contribution >= 0.6 is 11.6 Å². The van der Waals surface area contributed by atoms with E-state index in [1.54, 1.807) is 0 Å². The number of alkyl halides is 3. The number of hydrogen-bond acceptors (Lipinski definition) is 4. The first-order valence-corrected chi connectivity index (χ1v) is 11.2. The molecule has 0 radical (unpaired) electrons. The summed E-state index contributed by atoms with van der Waals surface area (Å²) in [5.41, 5.74) is 1.87. The highest BCUT2D eigenvalue weighted by Gasteiger charge is 2.33. The van der Waals surface area contributed by atoms with E-state index in [1.165, 1.54) is 17.5 Å². The van der Waals surface area contributed by atoms with Gasteiger partial charge in [0.1, 0.15) is 18.2 Å². The van der Waals surface area contributed by atoms with Gasteiger partial charge in [-0.15, -0.1) is 0 Å². The quantitative estimate of drug-likeness (QED) is 0.628. The normalized spacial score (nSPS) is 16.7. The second-order valence-electron chi connectivity index (χ2n) is 8.21. The molecule has 0 spiro atoms. The minimum Gasteiger partial charge on any atom is -0.492 e. The third-order valence-electron chi connectivity index (χ3n) is 6.05. The molecule has 4 rings (SSSR count). The minimum absolute atomic E-state index is 0.0336. The number of fused-ring (bicyclic) bond motifs is 1. The highest BCUT2D eigenvalue weighted by molar-refractivity contribution is 6.33. The maximum atomic E-state index is 12.8. The average Bonchev–Trinajstić information content (AvgIpc) is 3.24. The summed E-state index contributed by atoms with van der Waals surface area (Å²) in [6, 6.07) is 7.06. The first-order valence-electron chi connectivity index (χ1n) is 10.8. The molecule has 32 heavy (non-hydrogen) atoms. The van der Waals surface area contributed by atoms with Gasteiger partial charge >= 0.3 is 6.18 Å². The number of aryl methyl sites for hydroxylation is 2. The highest BCUT2D eigenvalue weighted by Crippen LogP contribution is 2.34.